The minimum Gasteiger partial charge on any atom is -0.459 e. The molecule has 8 heteroatoms. The third-order valence-electron chi connectivity index (χ3n) is 7.99. The van der Waals surface area contributed by atoms with Gasteiger partial charge in [-0.25, -0.2) is 0 Å². The lowest BCUT2D eigenvalue weighted by atomic mass is 9.97. The van der Waals surface area contributed by atoms with Crippen molar-refractivity contribution in [3.63, 3.8) is 0 Å². The summed E-state index contributed by atoms with van der Waals surface area (Å²) in [5, 5.41) is 0.711. The molecule has 0 radical (unpaired) electrons. The number of benzene rings is 5. The molecule has 248 valence electrons. The lowest BCUT2D eigenvalue weighted by Gasteiger charge is -2.45. The van der Waals surface area contributed by atoms with Crippen molar-refractivity contribution in [1.29, 1.82) is 0 Å². The minimum absolute atomic E-state index is 0.209. The molecule has 1 heterocycles. The van der Waals surface area contributed by atoms with Crippen molar-refractivity contribution in [3.05, 3.63) is 172 Å². The highest BCUT2D eigenvalue weighted by Crippen LogP contribution is 2.37. The average Bonchev–Trinajstić information content (AvgIpc) is 3.13. The molecule has 0 aliphatic carbocycles. The SMILES string of the molecule is Clc1cccc(Cl)c1O[C@@H]1O[C@H](COCc2ccccc2)[C@@H](OCc2ccccc2)[C@H](OCc2ccccc2)[C@H]1OCc1ccccc1. The maximum atomic E-state index is 6.76. The van der Waals surface area contributed by atoms with Gasteiger partial charge in [0.05, 0.1) is 43.1 Å². The number of hydrogen-bond donors (Lipinski definition) is 0. The van der Waals surface area contributed by atoms with E-state index >= 15 is 0 Å². The van der Waals surface area contributed by atoms with Crippen LogP contribution in [0.25, 0.3) is 0 Å². The highest BCUT2D eigenvalue weighted by Gasteiger charge is 2.50. The molecule has 6 nitrogen and oxygen atoms in total. The molecule has 1 fully saturated rings. The summed E-state index contributed by atoms with van der Waals surface area (Å²) in [5.41, 5.74) is 4.07. The molecule has 0 bridgehead atoms. The fourth-order valence-electron chi connectivity index (χ4n) is 5.55. The van der Waals surface area contributed by atoms with Gasteiger partial charge in [-0.05, 0) is 34.4 Å². The van der Waals surface area contributed by atoms with Crippen LogP contribution in [0.1, 0.15) is 22.3 Å². The van der Waals surface area contributed by atoms with Crippen LogP contribution in [0.3, 0.4) is 0 Å². The summed E-state index contributed by atoms with van der Waals surface area (Å²) in [6.45, 7) is 1.55. The van der Waals surface area contributed by atoms with Gasteiger partial charge in [0.1, 0.15) is 24.4 Å². The molecule has 1 aliphatic heterocycles. The van der Waals surface area contributed by atoms with Gasteiger partial charge in [-0.2, -0.15) is 0 Å². The maximum absolute atomic E-state index is 6.76. The van der Waals surface area contributed by atoms with Crippen LogP contribution < -0.4 is 4.74 Å². The zero-order valence-electron chi connectivity index (χ0n) is 26.4. The predicted octanol–water partition coefficient (Wildman–Crippen LogP) is 9.07. The summed E-state index contributed by atoms with van der Waals surface area (Å²) in [5.74, 6) is 0.300. The Hall–Kier alpha value is -3.72. The van der Waals surface area contributed by atoms with Crippen molar-refractivity contribution < 1.29 is 28.4 Å². The first-order valence-corrected chi connectivity index (χ1v) is 16.7. The van der Waals surface area contributed by atoms with Crippen molar-refractivity contribution >= 4 is 23.2 Å². The molecular weight excluding hydrogens is 647 g/mol. The second-order valence-corrected chi connectivity index (χ2v) is 12.3. The van der Waals surface area contributed by atoms with Gasteiger partial charge >= 0.3 is 0 Å². The second kappa shape index (κ2) is 17.6. The van der Waals surface area contributed by atoms with E-state index < -0.39 is 30.7 Å². The zero-order chi connectivity index (χ0) is 33.0. The number of hydrogen-bond acceptors (Lipinski definition) is 6. The van der Waals surface area contributed by atoms with Crippen LogP contribution in [0.2, 0.25) is 10.0 Å². The van der Waals surface area contributed by atoms with Gasteiger partial charge in [-0.1, -0.05) is 151 Å². The van der Waals surface area contributed by atoms with Gasteiger partial charge in [-0.15, -0.1) is 0 Å². The monoisotopic (exact) mass is 684 g/mol. The first-order valence-electron chi connectivity index (χ1n) is 16.0. The van der Waals surface area contributed by atoms with Crippen LogP contribution in [0.5, 0.6) is 5.75 Å². The Kier molecular flexibility index (Phi) is 12.5. The van der Waals surface area contributed by atoms with Crippen LogP contribution in [0, 0.1) is 0 Å². The molecule has 6 rings (SSSR count). The van der Waals surface area contributed by atoms with Crippen molar-refractivity contribution in [1.82, 2.24) is 0 Å². The van der Waals surface area contributed by atoms with Gasteiger partial charge in [-0.3, -0.25) is 0 Å². The molecule has 0 spiro atoms. The predicted molar refractivity (Wildman–Crippen MR) is 187 cm³/mol. The highest BCUT2D eigenvalue weighted by atomic mass is 35.5. The summed E-state index contributed by atoms with van der Waals surface area (Å²) in [4.78, 5) is 0. The summed E-state index contributed by atoms with van der Waals surface area (Å²) in [7, 11) is 0. The first-order chi connectivity index (χ1) is 23.6. The van der Waals surface area contributed by atoms with Crippen LogP contribution in [-0.4, -0.2) is 37.3 Å². The summed E-state index contributed by atoms with van der Waals surface area (Å²) >= 11 is 13.2. The van der Waals surface area contributed by atoms with Crippen molar-refractivity contribution in [3.8, 4) is 5.75 Å². The van der Waals surface area contributed by atoms with E-state index in [1.54, 1.807) is 18.2 Å². The maximum Gasteiger partial charge on any atom is 0.229 e. The molecule has 0 amide bonds. The fourth-order valence-corrected chi connectivity index (χ4v) is 6.04. The molecule has 1 saturated heterocycles. The molecule has 0 N–H and O–H groups in total. The van der Waals surface area contributed by atoms with Gasteiger partial charge in [0.15, 0.2) is 5.75 Å². The normalized spacial score (nSPS) is 20.8. The van der Waals surface area contributed by atoms with E-state index in [9.17, 15) is 0 Å². The molecule has 0 aromatic heterocycles. The first kappa shape index (κ1) is 34.2. The van der Waals surface area contributed by atoms with E-state index in [1.807, 2.05) is 121 Å². The molecule has 5 aromatic carbocycles. The smallest absolute Gasteiger partial charge is 0.229 e. The summed E-state index contributed by atoms with van der Waals surface area (Å²) in [6.07, 6.45) is -3.53. The number of halogens is 2. The number of ether oxygens (including phenoxy) is 6. The lowest BCUT2D eigenvalue weighted by molar-refractivity contribution is -0.310. The van der Waals surface area contributed by atoms with Crippen LogP contribution in [0.15, 0.2) is 140 Å². The zero-order valence-corrected chi connectivity index (χ0v) is 27.9. The molecular formula is C40H38Cl2O6. The highest BCUT2D eigenvalue weighted by molar-refractivity contribution is 6.37. The molecule has 0 saturated carbocycles. The van der Waals surface area contributed by atoms with E-state index in [-0.39, 0.29) is 13.2 Å². The average molecular weight is 686 g/mol. The Morgan fingerprint density at radius 3 is 1.35 bits per heavy atom. The van der Waals surface area contributed by atoms with E-state index in [2.05, 4.69) is 0 Å². The van der Waals surface area contributed by atoms with Gasteiger partial charge in [0, 0.05) is 0 Å². The molecule has 1 aliphatic rings. The van der Waals surface area contributed by atoms with E-state index in [0.29, 0.717) is 35.6 Å². The van der Waals surface area contributed by atoms with E-state index in [0.717, 1.165) is 22.3 Å². The van der Waals surface area contributed by atoms with Crippen molar-refractivity contribution in [2.24, 2.45) is 0 Å². The third kappa shape index (κ3) is 9.46. The molecule has 0 unspecified atom stereocenters. The molecule has 5 aromatic rings. The molecule has 48 heavy (non-hydrogen) atoms. The van der Waals surface area contributed by atoms with Crippen molar-refractivity contribution in [2.75, 3.05) is 6.61 Å². The Morgan fingerprint density at radius 2 is 0.875 bits per heavy atom. The quantitative estimate of drug-likeness (QED) is 0.110. The van der Waals surface area contributed by atoms with Gasteiger partial charge in [0.2, 0.25) is 6.29 Å². The van der Waals surface area contributed by atoms with Crippen LogP contribution >= 0.6 is 23.2 Å². The van der Waals surface area contributed by atoms with Gasteiger partial charge < -0.3 is 28.4 Å². The van der Waals surface area contributed by atoms with E-state index in [1.165, 1.54) is 0 Å². The lowest BCUT2D eigenvalue weighted by Crippen LogP contribution is -2.62. The van der Waals surface area contributed by atoms with E-state index in [4.69, 9.17) is 51.6 Å². The van der Waals surface area contributed by atoms with Gasteiger partial charge in [0.25, 0.3) is 0 Å². The second-order valence-electron chi connectivity index (χ2n) is 11.5. The number of rotatable bonds is 15. The summed E-state index contributed by atoms with van der Waals surface area (Å²) in [6, 6.07) is 45.2. The number of para-hydroxylation sites is 1. The van der Waals surface area contributed by atoms with Crippen LogP contribution in [0.4, 0.5) is 0 Å². The largest absolute Gasteiger partial charge is 0.459 e. The topological polar surface area (TPSA) is 55.4 Å². The Bertz CT molecular complexity index is 1640. The Balaban J connectivity index is 1.34. The Morgan fingerprint density at radius 1 is 0.458 bits per heavy atom. The molecule has 5 atom stereocenters. The van der Waals surface area contributed by atoms with Crippen LogP contribution in [-0.2, 0) is 50.1 Å². The Labute approximate surface area is 292 Å². The fraction of sp³-hybridized carbons (Fsp3) is 0.250. The standard InChI is InChI=1S/C40H38Cl2O6/c41-33-22-13-23-34(42)36(33)48-40-39(46-27-32-20-11-4-12-21-32)38(45-26-31-18-9-3-10-19-31)37(44-25-30-16-7-2-8-17-30)35(47-40)28-43-24-29-14-5-1-6-15-29/h1-23,35,37-40H,24-28H2/t35-,37-,38+,39-,40+/m1/s1. The van der Waals surface area contributed by atoms with Crippen molar-refractivity contribution in [2.45, 2.75) is 57.1 Å². The summed E-state index contributed by atoms with van der Waals surface area (Å²) < 4.78 is 39.6. The minimum atomic E-state index is -0.964. The third-order valence-corrected chi connectivity index (χ3v) is 8.59.